The van der Waals surface area contributed by atoms with Crippen LogP contribution in [0.5, 0.6) is 0 Å². The zero-order valence-electron chi connectivity index (χ0n) is 8.07. The summed E-state index contributed by atoms with van der Waals surface area (Å²) in [5.41, 5.74) is 1.23. The summed E-state index contributed by atoms with van der Waals surface area (Å²) in [6.07, 6.45) is 1.51. The van der Waals surface area contributed by atoms with Gasteiger partial charge in [0.15, 0.2) is 0 Å². The highest BCUT2D eigenvalue weighted by atomic mass is 79.9. The summed E-state index contributed by atoms with van der Waals surface area (Å²) in [5, 5.41) is 9.86. The van der Waals surface area contributed by atoms with Gasteiger partial charge >= 0.3 is 0 Å². The van der Waals surface area contributed by atoms with Crippen molar-refractivity contribution in [2.45, 2.75) is 13.1 Å². The molecule has 0 fully saturated rings. The van der Waals surface area contributed by atoms with Crippen LogP contribution in [0.15, 0.2) is 35.1 Å². The molecular weight excluding hydrogens is 256 g/mol. The Morgan fingerprint density at radius 3 is 2.87 bits per heavy atom. The summed E-state index contributed by atoms with van der Waals surface area (Å²) in [7, 11) is 0. The minimum absolute atomic E-state index is 0.696. The van der Waals surface area contributed by atoms with Gasteiger partial charge in [-0.1, -0.05) is 34.1 Å². The second-order valence-electron chi connectivity index (χ2n) is 3.13. The molecule has 2 rings (SSSR count). The zero-order valence-corrected chi connectivity index (χ0v) is 9.66. The molecule has 2 aromatic rings. The molecule has 15 heavy (non-hydrogen) atoms. The van der Waals surface area contributed by atoms with Gasteiger partial charge in [-0.3, -0.25) is 5.10 Å². The lowest BCUT2D eigenvalue weighted by atomic mass is 10.2. The lowest BCUT2D eigenvalue weighted by molar-refractivity contribution is 0.663. The highest BCUT2D eigenvalue weighted by Crippen LogP contribution is 2.15. The molecule has 4 nitrogen and oxygen atoms in total. The molecule has 0 aliphatic heterocycles. The third kappa shape index (κ3) is 2.87. The lowest BCUT2D eigenvalue weighted by Gasteiger charge is -2.04. The molecule has 78 valence electrons. The van der Waals surface area contributed by atoms with Crippen molar-refractivity contribution < 1.29 is 0 Å². The Balaban J connectivity index is 1.86. The standard InChI is InChI=1S/C10H11BrN4/c11-9-4-2-1-3-8(9)5-12-6-10-13-7-14-15-10/h1-4,7,12H,5-6H2,(H,13,14,15). The predicted octanol–water partition coefficient (Wildman–Crippen LogP) is 1.86. The molecule has 0 saturated carbocycles. The largest absolute Gasteiger partial charge is 0.306 e. The number of hydrogen-bond acceptors (Lipinski definition) is 3. The van der Waals surface area contributed by atoms with Gasteiger partial charge in [0.25, 0.3) is 0 Å². The Labute approximate surface area is 96.3 Å². The van der Waals surface area contributed by atoms with E-state index in [1.165, 1.54) is 11.9 Å². The average molecular weight is 267 g/mol. The Bertz CT molecular complexity index is 413. The molecule has 0 unspecified atom stereocenters. The normalized spacial score (nSPS) is 10.5. The molecule has 1 aromatic heterocycles. The number of nitrogens with zero attached hydrogens (tertiary/aromatic N) is 2. The maximum atomic E-state index is 4.03. The first-order valence-corrected chi connectivity index (χ1v) is 5.44. The van der Waals surface area contributed by atoms with Crippen LogP contribution in [0, 0.1) is 0 Å². The highest BCUT2D eigenvalue weighted by Gasteiger charge is 1.98. The van der Waals surface area contributed by atoms with Crippen molar-refractivity contribution in [3.8, 4) is 0 Å². The summed E-state index contributed by atoms with van der Waals surface area (Å²) in [6, 6.07) is 8.14. The smallest absolute Gasteiger partial charge is 0.138 e. The molecule has 5 heteroatoms. The SMILES string of the molecule is Brc1ccccc1CNCc1ncn[nH]1. The summed E-state index contributed by atoms with van der Waals surface area (Å²) < 4.78 is 1.12. The summed E-state index contributed by atoms with van der Waals surface area (Å²) in [4.78, 5) is 4.03. The molecule has 1 heterocycles. The first kappa shape index (κ1) is 10.3. The monoisotopic (exact) mass is 266 g/mol. The Morgan fingerprint density at radius 2 is 2.13 bits per heavy atom. The number of benzene rings is 1. The van der Waals surface area contributed by atoms with Crippen LogP contribution in [0.2, 0.25) is 0 Å². The van der Waals surface area contributed by atoms with E-state index in [1.807, 2.05) is 18.2 Å². The summed E-state index contributed by atoms with van der Waals surface area (Å²) in [6.45, 7) is 1.50. The van der Waals surface area contributed by atoms with Crippen LogP contribution >= 0.6 is 15.9 Å². The van der Waals surface area contributed by atoms with E-state index in [1.54, 1.807) is 0 Å². The third-order valence-corrected chi connectivity index (χ3v) is 2.80. The molecule has 0 aliphatic carbocycles. The number of aromatic amines is 1. The van der Waals surface area contributed by atoms with Gasteiger partial charge in [-0.05, 0) is 11.6 Å². The summed E-state index contributed by atoms with van der Waals surface area (Å²) in [5.74, 6) is 0.849. The van der Waals surface area contributed by atoms with Crippen molar-refractivity contribution in [1.29, 1.82) is 0 Å². The fraction of sp³-hybridized carbons (Fsp3) is 0.200. The number of halogens is 1. The van der Waals surface area contributed by atoms with E-state index < -0.39 is 0 Å². The van der Waals surface area contributed by atoms with Gasteiger partial charge in [0.2, 0.25) is 0 Å². The first-order valence-electron chi connectivity index (χ1n) is 4.64. The van der Waals surface area contributed by atoms with Crippen LogP contribution in [-0.4, -0.2) is 15.2 Å². The van der Waals surface area contributed by atoms with E-state index >= 15 is 0 Å². The molecule has 0 bridgehead atoms. The topological polar surface area (TPSA) is 53.6 Å². The van der Waals surface area contributed by atoms with E-state index in [0.29, 0.717) is 6.54 Å². The minimum atomic E-state index is 0.696. The van der Waals surface area contributed by atoms with Gasteiger partial charge in [0.1, 0.15) is 12.2 Å². The van der Waals surface area contributed by atoms with Crippen molar-refractivity contribution >= 4 is 15.9 Å². The molecule has 0 saturated heterocycles. The van der Waals surface area contributed by atoms with E-state index in [9.17, 15) is 0 Å². The number of aromatic nitrogens is 3. The molecule has 2 N–H and O–H groups in total. The van der Waals surface area contributed by atoms with Crippen LogP contribution in [0.25, 0.3) is 0 Å². The predicted molar refractivity (Wildman–Crippen MR) is 61.1 cm³/mol. The van der Waals surface area contributed by atoms with Crippen molar-refractivity contribution in [2.24, 2.45) is 0 Å². The number of rotatable bonds is 4. The van der Waals surface area contributed by atoms with E-state index in [0.717, 1.165) is 16.8 Å². The first-order chi connectivity index (χ1) is 7.36. The van der Waals surface area contributed by atoms with Gasteiger partial charge in [-0.25, -0.2) is 4.98 Å². The molecule has 0 spiro atoms. The number of nitrogens with one attached hydrogen (secondary N) is 2. The number of hydrogen-bond donors (Lipinski definition) is 2. The van der Waals surface area contributed by atoms with Gasteiger partial charge in [0, 0.05) is 11.0 Å². The highest BCUT2D eigenvalue weighted by molar-refractivity contribution is 9.10. The van der Waals surface area contributed by atoms with Crippen LogP contribution in [0.1, 0.15) is 11.4 Å². The zero-order chi connectivity index (χ0) is 10.5. The van der Waals surface area contributed by atoms with Crippen LogP contribution < -0.4 is 5.32 Å². The Morgan fingerprint density at radius 1 is 1.27 bits per heavy atom. The fourth-order valence-electron chi connectivity index (χ4n) is 1.27. The third-order valence-electron chi connectivity index (χ3n) is 2.03. The quantitative estimate of drug-likeness (QED) is 0.889. The van der Waals surface area contributed by atoms with Crippen molar-refractivity contribution in [1.82, 2.24) is 20.5 Å². The van der Waals surface area contributed by atoms with E-state index in [2.05, 4.69) is 42.5 Å². The van der Waals surface area contributed by atoms with Gasteiger partial charge in [-0.2, -0.15) is 5.10 Å². The van der Waals surface area contributed by atoms with Crippen molar-refractivity contribution in [2.75, 3.05) is 0 Å². The molecule has 0 radical (unpaired) electrons. The van der Waals surface area contributed by atoms with E-state index in [-0.39, 0.29) is 0 Å². The molecule has 0 aliphatic rings. The lowest BCUT2D eigenvalue weighted by Crippen LogP contribution is -2.14. The maximum Gasteiger partial charge on any atom is 0.138 e. The maximum absolute atomic E-state index is 4.03. The Hall–Kier alpha value is -1.20. The van der Waals surface area contributed by atoms with Crippen molar-refractivity contribution in [3.05, 3.63) is 46.5 Å². The molecular formula is C10H11BrN4. The van der Waals surface area contributed by atoms with Crippen LogP contribution in [0.4, 0.5) is 0 Å². The molecule has 1 aromatic carbocycles. The summed E-state index contributed by atoms with van der Waals surface area (Å²) >= 11 is 3.50. The second kappa shape index (κ2) is 5.04. The molecule has 0 atom stereocenters. The van der Waals surface area contributed by atoms with Crippen LogP contribution in [-0.2, 0) is 13.1 Å². The second-order valence-corrected chi connectivity index (χ2v) is 3.98. The van der Waals surface area contributed by atoms with Gasteiger partial charge in [0.05, 0.1) is 6.54 Å². The van der Waals surface area contributed by atoms with Gasteiger partial charge < -0.3 is 5.32 Å². The Kier molecular flexibility index (Phi) is 3.47. The average Bonchev–Trinajstić information content (AvgIpc) is 2.74. The number of H-pyrrole nitrogens is 1. The minimum Gasteiger partial charge on any atom is -0.306 e. The van der Waals surface area contributed by atoms with E-state index in [4.69, 9.17) is 0 Å². The van der Waals surface area contributed by atoms with Gasteiger partial charge in [-0.15, -0.1) is 0 Å². The fourth-order valence-corrected chi connectivity index (χ4v) is 1.70. The van der Waals surface area contributed by atoms with Crippen molar-refractivity contribution in [3.63, 3.8) is 0 Å². The van der Waals surface area contributed by atoms with Crippen LogP contribution in [0.3, 0.4) is 0 Å². The molecule has 0 amide bonds.